The highest BCUT2D eigenvalue weighted by molar-refractivity contribution is 5.34. The van der Waals surface area contributed by atoms with E-state index in [2.05, 4.69) is 29.6 Å². The van der Waals surface area contributed by atoms with Crippen LogP contribution in [0.25, 0.3) is 0 Å². The van der Waals surface area contributed by atoms with Crippen molar-refractivity contribution in [3.63, 3.8) is 0 Å². The minimum atomic E-state index is 0.186. The molecule has 1 aromatic rings. The average molecular weight is 191 g/mol. The van der Waals surface area contributed by atoms with Crippen LogP contribution in [0.5, 0.6) is 0 Å². The summed E-state index contributed by atoms with van der Waals surface area (Å²) in [5.41, 5.74) is 2.86. The molecule has 0 spiro atoms. The Morgan fingerprint density at radius 3 is 3.07 bits per heavy atom. The largest absolute Gasteiger partial charge is 0.395 e. The number of aliphatic hydroxyl groups is 1. The van der Waals surface area contributed by atoms with E-state index in [0.29, 0.717) is 6.04 Å². The standard InChI is InChI=1S/C12H17NO/c1-9(8-14)13-12-7-6-10-4-2-3-5-11(10)12/h2-5,9,12-14H,6-8H2,1H3/t9-,12?/m0/s1. The minimum Gasteiger partial charge on any atom is -0.395 e. The van der Waals surface area contributed by atoms with E-state index in [0.717, 1.165) is 12.8 Å². The van der Waals surface area contributed by atoms with Gasteiger partial charge in [-0.05, 0) is 30.9 Å². The number of hydrogen-bond donors (Lipinski definition) is 2. The molecule has 0 fully saturated rings. The van der Waals surface area contributed by atoms with Crippen molar-refractivity contribution in [1.29, 1.82) is 0 Å². The molecule has 1 aliphatic rings. The van der Waals surface area contributed by atoms with Gasteiger partial charge in [0, 0.05) is 12.1 Å². The zero-order valence-corrected chi connectivity index (χ0v) is 8.53. The van der Waals surface area contributed by atoms with Gasteiger partial charge in [-0.2, -0.15) is 0 Å². The van der Waals surface area contributed by atoms with Gasteiger partial charge in [0.25, 0.3) is 0 Å². The van der Waals surface area contributed by atoms with Crippen LogP contribution >= 0.6 is 0 Å². The van der Waals surface area contributed by atoms with Gasteiger partial charge in [0.1, 0.15) is 0 Å². The first-order valence-corrected chi connectivity index (χ1v) is 5.26. The van der Waals surface area contributed by atoms with Crippen LogP contribution < -0.4 is 5.32 Å². The molecule has 14 heavy (non-hydrogen) atoms. The molecule has 0 heterocycles. The molecule has 0 amide bonds. The summed E-state index contributed by atoms with van der Waals surface area (Å²) in [7, 11) is 0. The topological polar surface area (TPSA) is 32.3 Å². The molecular formula is C12H17NO. The quantitative estimate of drug-likeness (QED) is 0.761. The molecule has 0 bridgehead atoms. The summed E-state index contributed by atoms with van der Waals surface area (Å²) in [6, 6.07) is 9.18. The maximum Gasteiger partial charge on any atom is 0.0582 e. The Bertz CT molecular complexity index is 311. The summed E-state index contributed by atoms with van der Waals surface area (Å²) in [6.07, 6.45) is 2.32. The molecule has 2 nitrogen and oxygen atoms in total. The first-order valence-electron chi connectivity index (χ1n) is 5.26. The summed E-state index contributed by atoms with van der Waals surface area (Å²) < 4.78 is 0. The summed E-state index contributed by atoms with van der Waals surface area (Å²) in [6.45, 7) is 2.22. The summed E-state index contributed by atoms with van der Waals surface area (Å²) in [4.78, 5) is 0. The molecule has 2 rings (SSSR count). The third kappa shape index (κ3) is 1.81. The van der Waals surface area contributed by atoms with Crippen LogP contribution in [0, 0.1) is 0 Å². The predicted octanol–water partition coefficient (Wildman–Crippen LogP) is 1.64. The van der Waals surface area contributed by atoms with Crippen LogP contribution in [0.2, 0.25) is 0 Å². The van der Waals surface area contributed by atoms with Gasteiger partial charge in [-0.25, -0.2) is 0 Å². The van der Waals surface area contributed by atoms with Gasteiger partial charge in [-0.1, -0.05) is 24.3 Å². The molecule has 1 unspecified atom stereocenters. The lowest BCUT2D eigenvalue weighted by Gasteiger charge is -2.18. The molecule has 2 N–H and O–H groups in total. The van der Waals surface area contributed by atoms with E-state index in [1.165, 1.54) is 11.1 Å². The highest BCUT2D eigenvalue weighted by atomic mass is 16.3. The van der Waals surface area contributed by atoms with Crippen LogP contribution in [0.15, 0.2) is 24.3 Å². The Hall–Kier alpha value is -0.860. The van der Waals surface area contributed by atoms with Crippen molar-refractivity contribution in [2.24, 2.45) is 0 Å². The SMILES string of the molecule is C[C@@H](CO)NC1CCc2ccccc21. The molecule has 0 saturated carbocycles. The third-order valence-electron chi connectivity index (χ3n) is 2.89. The van der Waals surface area contributed by atoms with Crippen molar-refractivity contribution < 1.29 is 5.11 Å². The van der Waals surface area contributed by atoms with Gasteiger partial charge in [0.2, 0.25) is 0 Å². The second-order valence-electron chi connectivity index (χ2n) is 4.04. The van der Waals surface area contributed by atoms with Gasteiger partial charge in [-0.15, -0.1) is 0 Å². The summed E-state index contributed by atoms with van der Waals surface area (Å²) in [5.74, 6) is 0. The van der Waals surface area contributed by atoms with Crippen molar-refractivity contribution in [2.45, 2.75) is 31.8 Å². The highest BCUT2D eigenvalue weighted by Crippen LogP contribution is 2.30. The molecule has 0 radical (unpaired) electrons. The number of aliphatic hydroxyl groups excluding tert-OH is 1. The van der Waals surface area contributed by atoms with E-state index in [1.807, 2.05) is 6.92 Å². The molecule has 2 atom stereocenters. The maximum atomic E-state index is 8.98. The minimum absolute atomic E-state index is 0.186. The number of hydrogen-bond acceptors (Lipinski definition) is 2. The molecular weight excluding hydrogens is 174 g/mol. The van der Waals surface area contributed by atoms with Gasteiger partial charge >= 0.3 is 0 Å². The number of nitrogens with one attached hydrogen (secondary N) is 1. The maximum absolute atomic E-state index is 8.98. The fraction of sp³-hybridized carbons (Fsp3) is 0.500. The monoisotopic (exact) mass is 191 g/mol. The Labute approximate surface area is 85.0 Å². The lowest BCUT2D eigenvalue weighted by atomic mass is 10.1. The third-order valence-corrected chi connectivity index (χ3v) is 2.89. The number of rotatable bonds is 3. The Morgan fingerprint density at radius 1 is 1.50 bits per heavy atom. The number of benzene rings is 1. The van der Waals surface area contributed by atoms with Crippen molar-refractivity contribution in [1.82, 2.24) is 5.32 Å². The van der Waals surface area contributed by atoms with Crippen LogP contribution in [-0.2, 0) is 6.42 Å². The predicted molar refractivity (Wildman–Crippen MR) is 57.2 cm³/mol. The molecule has 0 aromatic heterocycles. The fourth-order valence-electron chi connectivity index (χ4n) is 2.13. The average Bonchev–Trinajstić information content (AvgIpc) is 2.62. The first kappa shape index (κ1) is 9.69. The fourth-order valence-corrected chi connectivity index (χ4v) is 2.13. The smallest absolute Gasteiger partial charge is 0.0582 e. The van der Waals surface area contributed by atoms with Crippen LogP contribution in [0.4, 0.5) is 0 Å². The number of fused-ring (bicyclic) bond motifs is 1. The zero-order valence-electron chi connectivity index (χ0n) is 8.53. The molecule has 0 aliphatic heterocycles. The summed E-state index contributed by atoms with van der Waals surface area (Å²) in [5, 5.41) is 12.4. The Balaban J connectivity index is 2.10. The lowest BCUT2D eigenvalue weighted by molar-refractivity contribution is 0.240. The molecule has 2 heteroatoms. The second-order valence-corrected chi connectivity index (χ2v) is 4.04. The van der Waals surface area contributed by atoms with Gasteiger partial charge in [-0.3, -0.25) is 0 Å². The first-order chi connectivity index (χ1) is 6.81. The van der Waals surface area contributed by atoms with E-state index < -0.39 is 0 Å². The second kappa shape index (κ2) is 4.11. The lowest BCUT2D eigenvalue weighted by Crippen LogP contribution is -2.32. The highest BCUT2D eigenvalue weighted by Gasteiger charge is 2.22. The molecule has 76 valence electrons. The summed E-state index contributed by atoms with van der Waals surface area (Å²) >= 11 is 0. The van der Waals surface area contributed by atoms with E-state index in [4.69, 9.17) is 5.11 Å². The van der Waals surface area contributed by atoms with E-state index in [-0.39, 0.29) is 12.6 Å². The van der Waals surface area contributed by atoms with Crippen molar-refractivity contribution in [2.75, 3.05) is 6.61 Å². The van der Waals surface area contributed by atoms with Crippen LogP contribution in [0.1, 0.15) is 30.5 Å². The van der Waals surface area contributed by atoms with Crippen molar-refractivity contribution >= 4 is 0 Å². The van der Waals surface area contributed by atoms with Crippen LogP contribution in [-0.4, -0.2) is 17.8 Å². The van der Waals surface area contributed by atoms with Gasteiger partial charge in [0.15, 0.2) is 0 Å². The Kier molecular flexibility index (Phi) is 2.85. The molecule has 0 saturated heterocycles. The zero-order chi connectivity index (χ0) is 9.97. The molecule has 1 aliphatic carbocycles. The normalized spacial score (nSPS) is 22.0. The van der Waals surface area contributed by atoms with Crippen LogP contribution in [0.3, 0.4) is 0 Å². The van der Waals surface area contributed by atoms with E-state index in [9.17, 15) is 0 Å². The van der Waals surface area contributed by atoms with Gasteiger partial charge in [0.05, 0.1) is 6.61 Å². The van der Waals surface area contributed by atoms with E-state index >= 15 is 0 Å². The van der Waals surface area contributed by atoms with Crippen molar-refractivity contribution in [3.05, 3.63) is 35.4 Å². The van der Waals surface area contributed by atoms with Crippen molar-refractivity contribution in [3.8, 4) is 0 Å². The molecule has 1 aromatic carbocycles. The number of aryl methyl sites for hydroxylation is 1. The Morgan fingerprint density at radius 2 is 2.29 bits per heavy atom. The van der Waals surface area contributed by atoms with Gasteiger partial charge < -0.3 is 10.4 Å². The van der Waals surface area contributed by atoms with E-state index in [1.54, 1.807) is 0 Å².